The zero-order chi connectivity index (χ0) is 7.40. The van der Waals surface area contributed by atoms with E-state index in [9.17, 15) is 4.79 Å². The molecule has 1 amide bonds. The summed E-state index contributed by atoms with van der Waals surface area (Å²) in [5, 5.41) is 10.6. The Kier molecular flexibility index (Phi) is 5.30. The fraction of sp³-hybridized carbons (Fsp3) is 0.833. The van der Waals surface area contributed by atoms with Gasteiger partial charge in [-0.25, -0.2) is 4.79 Å². The molecule has 11 heavy (non-hydrogen) atoms. The maximum atomic E-state index is 10.1. The molecule has 0 aromatic heterocycles. The second-order valence-electron chi connectivity index (χ2n) is 2.30. The van der Waals surface area contributed by atoms with E-state index >= 15 is 0 Å². The van der Waals surface area contributed by atoms with Crippen LogP contribution in [0.5, 0.6) is 0 Å². The van der Waals surface area contributed by atoms with Crippen LogP contribution in [0.2, 0.25) is 0 Å². The molecule has 5 heteroatoms. The largest absolute Gasteiger partial charge is 0.465 e. The molecule has 1 unspecified atom stereocenters. The fourth-order valence-electron chi connectivity index (χ4n) is 0.992. The first-order valence-electron chi connectivity index (χ1n) is 3.40. The highest BCUT2D eigenvalue weighted by Gasteiger charge is 2.14. The number of rotatable bonds is 1. The van der Waals surface area contributed by atoms with Crippen molar-refractivity contribution in [2.45, 2.75) is 25.5 Å². The summed E-state index contributed by atoms with van der Waals surface area (Å²) in [6.07, 6.45) is 1.60. The Balaban J connectivity index is 0.000001000. The molecule has 1 heterocycles. The molecule has 1 atom stereocenters. The second kappa shape index (κ2) is 5.42. The number of nitrogens with one attached hydrogen (secondary N) is 1. The first-order chi connectivity index (χ1) is 4.79. The number of amides is 1. The van der Waals surface area contributed by atoms with Crippen LogP contribution >= 0.6 is 0 Å². The third-order valence-corrected chi connectivity index (χ3v) is 1.46. The average molecular weight is 175 g/mol. The van der Waals surface area contributed by atoms with E-state index in [1.807, 2.05) is 0 Å². The summed E-state index contributed by atoms with van der Waals surface area (Å²) >= 11 is 0. The van der Waals surface area contributed by atoms with Gasteiger partial charge in [-0.15, -0.1) is 0 Å². The summed E-state index contributed by atoms with van der Waals surface area (Å²) in [6.45, 7) is 0.672. The van der Waals surface area contributed by atoms with Crippen molar-refractivity contribution in [1.29, 1.82) is 0 Å². The lowest BCUT2D eigenvalue weighted by Gasteiger charge is -2.21. The third kappa shape index (κ3) is 4.25. The van der Waals surface area contributed by atoms with E-state index in [0.717, 1.165) is 19.3 Å². The molecule has 0 aromatic rings. The topological polar surface area (TPSA) is 58.6 Å². The molecule has 0 aromatic carbocycles. The SMILES string of the molecule is O=C(O)NC1CCCCO1.[AlH3]. The van der Waals surface area contributed by atoms with Crippen molar-refractivity contribution in [3.8, 4) is 0 Å². The Morgan fingerprint density at radius 1 is 1.55 bits per heavy atom. The summed E-state index contributed by atoms with van der Waals surface area (Å²) in [5.41, 5.74) is 0. The van der Waals surface area contributed by atoms with Gasteiger partial charge < -0.3 is 9.84 Å². The highest BCUT2D eigenvalue weighted by atomic mass is 27.0. The van der Waals surface area contributed by atoms with Crippen molar-refractivity contribution >= 4 is 23.5 Å². The van der Waals surface area contributed by atoms with Crippen LogP contribution in [0.4, 0.5) is 4.79 Å². The smallest absolute Gasteiger partial charge is 0.406 e. The monoisotopic (exact) mass is 175 g/mol. The van der Waals surface area contributed by atoms with Crippen LogP contribution in [-0.2, 0) is 4.74 Å². The van der Waals surface area contributed by atoms with E-state index in [4.69, 9.17) is 9.84 Å². The van der Waals surface area contributed by atoms with Gasteiger partial charge in [0, 0.05) is 6.61 Å². The predicted molar refractivity (Wildman–Crippen MR) is 44.7 cm³/mol. The summed E-state index contributed by atoms with van der Waals surface area (Å²) in [6, 6.07) is 0. The molecule has 1 saturated heterocycles. The van der Waals surface area contributed by atoms with Crippen LogP contribution in [0, 0.1) is 0 Å². The van der Waals surface area contributed by atoms with Crippen LogP contribution in [-0.4, -0.2) is 41.4 Å². The molecular weight excluding hydrogens is 161 g/mol. The summed E-state index contributed by atoms with van der Waals surface area (Å²) in [5.74, 6) is 0. The number of ether oxygens (including phenoxy) is 1. The van der Waals surface area contributed by atoms with Crippen molar-refractivity contribution in [2.75, 3.05) is 6.61 Å². The second-order valence-corrected chi connectivity index (χ2v) is 2.30. The standard InChI is InChI=1S/C6H11NO3.Al.3H/c8-6(9)7-5-3-1-2-4-10-5;;;;/h5,7H,1-4H2,(H,8,9);;;;. The van der Waals surface area contributed by atoms with Crippen molar-refractivity contribution in [3.63, 3.8) is 0 Å². The Morgan fingerprint density at radius 3 is 2.73 bits per heavy atom. The molecule has 1 rings (SSSR count). The minimum atomic E-state index is -1.01. The van der Waals surface area contributed by atoms with Gasteiger partial charge in [0.2, 0.25) is 0 Å². The van der Waals surface area contributed by atoms with Crippen LogP contribution in [0.1, 0.15) is 19.3 Å². The molecule has 0 radical (unpaired) electrons. The normalized spacial score (nSPS) is 23.5. The molecule has 1 aliphatic heterocycles. The molecule has 0 saturated carbocycles. The summed E-state index contributed by atoms with van der Waals surface area (Å²) in [4.78, 5) is 10.1. The van der Waals surface area contributed by atoms with E-state index in [0.29, 0.717) is 6.61 Å². The highest BCUT2D eigenvalue weighted by molar-refractivity contribution is 5.75. The van der Waals surface area contributed by atoms with E-state index in [2.05, 4.69) is 5.32 Å². The first-order valence-corrected chi connectivity index (χ1v) is 3.40. The lowest BCUT2D eigenvalue weighted by Crippen LogP contribution is -2.37. The predicted octanol–water partition coefficient (Wildman–Crippen LogP) is -0.403. The van der Waals surface area contributed by atoms with Crippen molar-refractivity contribution in [2.24, 2.45) is 0 Å². The van der Waals surface area contributed by atoms with Crippen LogP contribution in [0.3, 0.4) is 0 Å². The van der Waals surface area contributed by atoms with Crippen LogP contribution in [0.15, 0.2) is 0 Å². The molecule has 0 spiro atoms. The fourth-order valence-corrected chi connectivity index (χ4v) is 0.992. The molecule has 1 aliphatic rings. The zero-order valence-electron chi connectivity index (χ0n) is 5.67. The van der Waals surface area contributed by atoms with E-state index in [-0.39, 0.29) is 23.6 Å². The molecule has 4 nitrogen and oxygen atoms in total. The van der Waals surface area contributed by atoms with Gasteiger partial charge in [0.05, 0.1) is 0 Å². The Labute approximate surface area is 76.1 Å². The number of hydrogen-bond donors (Lipinski definition) is 2. The van der Waals surface area contributed by atoms with Crippen LogP contribution < -0.4 is 5.32 Å². The van der Waals surface area contributed by atoms with Gasteiger partial charge in [0.1, 0.15) is 6.23 Å². The van der Waals surface area contributed by atoms with Crippen molar-refractivity contribution in [1.82, 2.24) is 5.32 Å². The number of carboxylic acid groups (broad SMARTS) is 1. The molecule has 0 aliphatic carbocycles. The summed E-state index contributed by atoms with van der Waals surface area (Å²) < 4.78 is 5.10. The van der Waals surface area contributed by atoms with E-state index in [1.54, 1.807) is 0 Å². The highest BCUT2D eigenvalue weighted by Crippen LogP contribution is 2.09. The molecular formula is C6H14AlNO3. The van der Waals surface area contributed by atoms with Gasteiger partial charge >= 0.3 is 6.09 Å². The minimum Gasteiger partial charge on any atom is -0.465 e. The minimum absolute atomic E-state index is 0. The zero-order valence-corrected chi connectivity index (χ0v) is 5.67. The third-order valence-electron chi connectivity index (χ3n) is 1.46. The van der Waals surface area contributed by atoms with Gasteiger partial charge in [0.25, 0.3) is 0 Å². The lowest BCUT2D eigenvalue weighted by molar-refractivity contribution is -0.00203. The van der Waals surface area contributed by atoms with Crippen LogP contribution in [0.25, 0.3) is 0 Å². The summed E-state index contributed by atoms with van der Waals surface area (Å²) in [7, 11) is 0. The van der Waals surface area contributed by atoms with Gasteiger partial charge in [-0.05, 0) is 19.3 Å². The van der Waals surface area contributed by atoms with E-state index < -0.39 is 6.09 Å². The lowest BCUT2D eigenvalue weighted by atomic mass is 10.2. The average Bonchev–Trinajstić information content (AvgIpc) is 1.88. The van der Waals surface area contributed by atoms with Gasteiger partial charge in [-0.2, -0.15) is 0 Å². The van der Waals surface area contributed by atoms with Crippen molar-refractivity contribution < 1.29 is 14.6 Å². The maximum absolute atomic E-state index is 10.1. The number of hydrogen-bond acceptors (Lipinski definition) is 2. The Morgan fingerprint density at radius 2 is 2.27 bits per heavy atom. The van der Waals surface area contributed by atoms with Gasteiger partial charge in [-0.3, -0.25) is 5.32 Å². The Bertz CT molecular complexity index is 125. The Hall–Kier alpha value is -0.238. The maximum Gasteiger partial charge on any atom is 0.406 e. The van der Waals surface area contributed by atoms with Crippen molar-refractivity contribution in [3.05, 3.63) is 0 Å². The van der Waals surface area contributed by atoms with Gasteiger partial charge in [0.15, 0.2) is 17.4 Å². The van der Waals surface area contributed by atoms with E-state index in [1.165, 1.54) is 0 Å². The molecule has 1 fully saturated rings. The number of carbonyl (C=O) groups is 1. The molecule has 2 N–H and O–H groups in total. The van der Waals surface area contributed by atoms with Gasteiger partial charge in [-0.1, -0.05) is 0 Å². The quantitative estimate of drug-likeness (QED) is 0.533. The first kappa shape index (κ1) is 10.8. The molecule has 0 bridgehead atoms. The molecule has 64 valence electrons.